The van der Waals surface area contributed by atoms with E-state index in [1.807, 2.05) is 12.3 Å². The van der Waals surface area contributed by atoms with Crippen molar-refractivity contribution in [3.05, 3.63) is 36.5 Å². The normalized spacial score (nSPS) is 12.8. The van der Waals surface area contributed by atoms with Crippen LogP contribution in [0.25, 0.3) is 10.9 Å². The summed E-state index contributed by atoms with van der Waals surface area (Å²) in [5.74, 6) is 0.800. The monoisotopic (exact) mass is 256 g/mol. The van der Waals surface area contributed by atoms with Crippen molar-refractivity contribution in [3.63, 3.8) is 0 Å². The first-order valence-corrected chi connectivity index (χ1v) is 7.27. The van der Waals surface area contributed by atoms with Crippen LogP contribution in [-0.4, -0.2) is 11.0 Å². The smallest absolute Gasteiger partial charge is 0.0722 e. The molecule has 0 saturated carbocycles. The van der Waals surface area contributed by atoms with E-state index >= 15 is 0 Å². The van der Waals surface area contributed by atoms with Crippen LogP contribution >= 0.6 is 0 Å². The molecule has 1 N–H and O–H groups in total. The topological polar surface area (TPSA) is 24.9 Å². The van der Waals surface area contributed by atoms with E-state index in [2.05, 4.69) is 55.3 Å². The fourth-order valence-electron chi connectivity index (χ4n) is 2.39. The highest BCUT2D eigenvalue weighted by atomic mass is 14.9. The minimum absolute atomic E-state index is 0.504. The number of anilines is 1. The Labute approximate surface area is 116 Å². The molecule has 0 aliphatic heterocycles. The molecule has 19 heavy (non-hydrogen) atoms. The Morgan fingerprint density at radius 2 is 1.84 bits per heavy atom. The third-order valence-corrected chi connectivity index (χ3v) is 3.47. The van der Waals surface area contributed by atoms with Crippen LogP contribution in [0.1, 0.15) is 40.0 Å². The summed E-state index contributed by atoms with van der Waals surface area (Å²) in [5, 5.41) is 4.83. The standard InChI is InChI=1S/C17H24N2/c1-13(2)7-6-8-14(3)19-17-11-12-18-16-10-5-4-9-15(16)17/h4-5,9-14H,6-8H2,1-3H3,(H,18,19). The number of nitrogens with one attached hydrogen (secondary N) is 1. The van der Waals surface area contributed by atoms with Gasteiger partial charge in [-0.3, -0.25) is 4.98 Å². The minimum Gasteiger partial charge on any atom is -0.382 e. The molecule has 0 fully saturated rings. The van der Waals surface area contributed by atoms with Gasteiger partial charge in [-0.25, -0.2) is 0 Å². The van der Waals surface area contributed by atoms with Crippen molar-refractivity contribution >= 4 is 16.6 Å². The SMILES string of the molecule is CC(C)CCCC(C)Nc1ccnc2ccccc12. The molecule has 0 radical (unpaired) electrons. The highest BCUT2D eigenvalue weighted by molar-refractivity contribution is 5.90. The Morgan fingerprint density at radius 3 is 2.63 bits per heavy atom. The van der Waals surface area contributed by atoms with Crippen molar-refractivity contribution < 1.29 is 0 Å². The van der Waals surface area contributed by atoms with Crippen LogP contribution in [0.15, 0.2) is 36.5 Å². The first kappa shape index (κ1) is 13.9. The van der Waals surface area contributed by atoms with Crippen molar-refractivity contribution in [1.29, 1.82) is 0 Å². The van der Waals surface area contributed by atoms with Crippen LogP contribution in [0.3, 0.4) is 0 Å². The number of benzene rings is 1. The summed E-state index contributed by atoms with van der Waals surface area (Å²) in [7, 11) is 0. The predicted molar refractivity (Wildman–Crippen MR) is 83.5 cm³/mol. The highest BCUT2D eigenvalue weighted by Gasteiger charge is 2.06. The van der Waals surface area contributed by atoms with Crippen molar-refractivity contribution in [3.8, 4) is 0 Å². The molecule has 1 heterocycles. The zero-order chi connectivity index (χ0) is 13.7. The number of nitrogens with zero attached hydrogens (tertiary/aromatic N) is 1. The Bertz CT molecular complexity index is 514. The van der Waals surface area contributed by atoms with Gasteiger partial charge in [0.25, 0.3) is 0 Å². The lowest BCUT2D eigenvalue weighted by Gasteiger charge is -2.17. The molecule has 1 unspecified atom stereocenters. The molecule has 0 saturated heterocycles. The van der Waals surface area contributed by atoms with Gasteiger partial charge in [0, 0.05) is 23.3 Å². The van der Waals surface area contributed by atoms with Gasteiger partial charge in [-0.1, -0.05) is 44.9 Å². The molecule has 2 nitrogen and oxygen atoms in total. The highest BCUT2D eigenvalue weighted by Crippen LogP contribution is 2.22. The van der Waals surface area contributed by atoms with Gasteiger partial charge in [-0.2, -0.15) is 0 Å². The Kier molecular flexibility index (Phi) is 4.78. The largest absolute Gasteiger partial charge is 0.382 e. The third-order valence-electron chi connectivity index (χ3n) is 3.47. The predicted octanol–water partition coefficient (Wildman–Crippen LogP) is 4.86. The second-order valence-electron chi connectivity index (χ2n) is 5.75. The Balaban J connectivity index is 2.00. The summed E-state index contributed by atoms with van der Waals surface area (Å²) < 4.78 is 0. The molecule has 0 aliphatic carbocycles. The number of aromatic nitrogens is 1. The van der Waals surface area contributed by atoms with E-state index in [9.17, 15) is 0 Å². The molecule has 0 aliphatic rings. The van der Waals surface area contributed by atoms with Crippen molar-refractivity contribution in [1.82, 2.24) is 4.98 Å². The number of hydrogen-bond donors (Lipinski definition) is 1. The van der Waals surface area contributed by atoms with Crippen LogP contribution in [0.5, 0.6) is 0 Å². The van der Waals surface area contributed by atoms with E-state index in [-0.39, 0.29) is 0 Å². The molecule has 1 aromatic carbocycles. The van der Waals surface area contributed by atoms with Gasteiger partial charge in [0.05, 0.1) is 5.52 Å². The molecule has 0 amide bonds. The maximum atomic E-state index is 4.39. The first-order chi connectivity index (χ1) is 9.16. The molecular weight excluding hydrogens is 232 g/mol. The third kappa shape index (κ3) is 3.95. The van der Waals surface area contributed by atoms with Gasteiger partial charge in [0.1, 0.15) is 0 Å². The molecule has 2 heteroatoms. The summed E-state index contributed by atoms with van der Waals surface area (Å²) in [6.07, 6.45) is 5.69. The number of rotatable bonds is 6. The molecule has 2 rings (SSSR count). The average Bonchev–Trinajstić information content (AvgIpc) is 2.39. The summed E-state index contributed by atoms with van der Waals surface area (Å²) >= 11 is 0. The summed E-state index contributed by atoms with van der Waals surface area (Å²) in [6.45, 7) is 6.83. The molecule has 1 atom stereocenters. The average molecular weight is 256 g/mol. The van der Waals surface area contributed by atoms with Crippen molar-refractivity contribution in [2.45, 2.75) is 46.1 Å². The van der Waals surface area contributed by atoms with Gasteiger partial charge in [-0.05, 0) is 31.4 Å². The maximum Gasteiger partial charge on any atom is 0.0722 e. The fourth-order valence-corrected chi connectivity index (χ4v) is 2.39. The summed E-state index contributed by atoms with van der Waals surface area (Å²) in [6, 6.07) is 10.9. The zero-order valence-electron chi connectivity index (χ0n) is 12.2. The number of pyridine rings is 1. The van der Waals surface area contributed by atoms with E-state index in [0.29, 0.717) is 6.04 Å². The van der Waals surface area contributed by atoms with Crippen LogP contribution in [-0.2, 0) is 0 Å². The van der Waals surface area contributed by atoms with Gasteiger partial charge in [-0.15, -0.1) is 0 Å². The Morgan fingerprint density at radius 1 is 1.05 bits per heavy atom. The maximum absolute atomic E-state index is 4.39. The molecule has 1 aromatic heterocycles. The van der Waals surface area contributed by atoms with Crippen LogP contribution in [0.4, 0.5) is 5.69 Å². The lowest BCUT2D eigenvalue weighted by Crippen LogP contribution is -2.15. The zero-order valence-corrected chi connectivity index (χ0v) is 12.2. The molecule has 102 valence electrons. The van der Waals surface area contributed by atoms with Gasteiger partial charge in [0.2, 0.25) is 0 Å². The molecular formula is C17H24N2. The number of fused-ring (bicyclic) bond motifs is 1. The van der Waals surface area contributed by atoms with Crippen LogP contribution in [0.2, 0.25) is 0 Å². The summed E-state index contributed by atoms with van der Waals surface area (Å²) in [5.41, 5.74) is 2.25. The van der Waals surface area contributed by atoms with E-state index < -0.39 is 0 Å². The lowest BCUT2D eigenvalue weighted by atomic mass is 10.0. The van der Waals surface area contributed by atoms with E-state index in [1.54, 1.807) is 0 Å². The number of hydrogen-bond acceptors (Lipinski definition) is 2. The van der Waals surface area contributed by atoms with Crippen LogP contribution < -0.4 is 5.32 Å². The second kappa shape index (κ2) is 6.55. The minimum atomic E-state index is 0.504. The second-order valence-corrected chi connectivity index (χ2v) is 5.75. The van der Waals surface area contributed by atoms with E-state index in [0.717, 1.165) is 11.4 Å². The van der Waals surface area contributed by atoms with Crippen LogP contribution in [0, 0.1) is 5.92 Å². The molecule has 2 aromatic rings. The summed E-state index contributed by atoms with van der Waals surface area (Å²) in [4.78, 5) is 4.39. The molecule has 0 spiro atoms. The fraction of sp³-hybridized carbons (Fsp3) is 0.471. The van der Waals surface area contributed by atoms with E-state index in [1.165, 1.54) is 30.3 Å². The van der Waals surface area contributed by atoms with E-state index in [4.69, 9.17) is 0 Å². The Hall–Kier alpha value is -1.57. The molecule has 0 bridgehead atoms. The van der Waals surface area contributed by atoms with Crippen molar-refractivity contribution in [2.24, 2.45) is 5.92 Å². The van der Waals surface area contributed by atoms with Gasteiger partial charge < -0.3 is 5.32 Å². The van der Waals surface area contributed by atoms with Gasteiger partial charge in [0.15, 0.2) is 0 Å². The number of para-hydroxylation sites is 1. The first-order valence-electron chi connectivity index (χ1n) is 7.27. The quantitative estimate of drug-likeness (QED) is 0.798. The van der Waals surface area contributed by atoms with Crippen molar-refractivity contribution in [2.75, 3.05) is 5.32 Å². The van der Waals surface area contributed by atoms with Gasteiger partial charge >= 0.3 is 0 Å². The lowest BCUT2D eigenvalue weighted by molar-refractivity contribution is 0.520.